The third kappa shape index (κ3) is 3.79. The first-order valence-corrected chi connectivity index (χ1v) is 7.74. The first kappa shape index (κ1) is 17.6. The molecule has 1 fully saturated rings. The molecule has 3 N–H and O–H groups in total. The Hall–Kier alpha value is -1.73. The minimum absolute atomic E-state index is 0.184. The highest BCUT2D eigenvalue weighted by Gasteiger charge is 2.52. The van der Waals surface area contributed by atoms with Crippen LogP contribution in [0.15, 0.2) is 18.2 Å². The molecule has 0 aliphatic carbocycles. The van der Waals surface area contributed by atoms with Crippen molar-refractivity contribution < 1.29 is 18.8 Å². The van der Waals surface area contributed by atoms with Crippen LogP contribution in [-0.2, 0) is 14.0 Å². The minimum Gasteiger partial charge on any atom is -0.447 e. The summed E-state index contributed by atoms with van der Waals surface area (Å²) in [5.74, 6) is 0. The molecule has 0 atom stereocenters. The number of amides is 1. The van der Waals surface area contributed by atoms with Crippen LogP contribution in [0.3, 0.4) is 0 Å². The van der Waals surface area contributed by atoms with Crippen molar-refractivity contribution in [3.05, 3.63) is 18.2 Å². The molecule has 0 spiro atoms. The van der Waals surface area contributed by atoms with Gasteiger partial charge in [0.15, 0.2) is 0 Å². The van der Waals surface area contributed by atoms with E-state index in [1.807, 2.05) is 27.7 Å². The number of hydrogen-bond donors (Lipinski definition) is 2. The van der Waals surface area contributed by atoms with E-state index in [4.69, 9.17) is 19.8 Å². The summed E-state index contributed by atoms with van der Waals surface area (Å²) in [4.78, 5) is 11.6. The van der Waals surface area contributed by atoms with Crippen LogP contribution in [0.1, 0.15) is 41.5 Å². The number of carbonyl (C=O) groups excluding carboxylic acids is 1. The van der Waals surface area contributed by atoms with Crippen LogP contribution in [0.5, 0.6) is 0 Å². The van der Waals surface area contributed by atoms with Crippen molar-refractivity contribution >= 4 is 30.0 Å². The summed E-state index contributed by atoms with van der Waals surface area (Å²) in [5.41, 5.74) is 7.04. The molecule has 0 saturated carbocycles. The number of nitrogens with one attached hydrogen (secondary N) is 1. The summed E-state index contributed by atoms with van der Waals surface area (Å²) in [7, 11) is -0.531. The molecular weight excluding hydrogens is 295 g/mol. The number of nitrogens with two attached hydrogens (primary N) is 1. The zero-order valence-electron chi connectivity index (χ0n) is 14.6. The van der Waals surface area contributed by atoms with Gasteiger partial charge in [0.2, 0.25) is 0 Å². The van der Waals surface area contributed by atoms with E-state index >= 15 is 0 Å². The monoisotopic (exact) mass is 320 g/mol. The van der Waals surface area contributed by atoms with Crippen LogP contribution in [0.25, 0.3) is 0 Å². The maximum absolute atomic E-state index is 11.6. The van der Waals surface area contributed by atoms with E-state index in [0.29, 0.717) is 11.4 Å². The molecule has 1 aromatic carbocycles. The number of nitrogen functional groups attached to an aromatic ring is 1. The maximum atomic E-state index is 11.6. The molecule has 1 amide bonds. The van der Waals surface area contributed by atoms with Crippen molar-refractivity contribution in [2.75, 3.05) is 11.1 Å². The average Bonchev–Trinajstić information content (AvgIpc) is 2.56. The highest BCUT2D eigenvalue weighted by molar-refractivity contribution is 6.63. The van der Waals surface area contributed by atoms with Crippen LogP contribution in [-0.4, -0.2) is 30.5 Å². The van der Waals surface area contributed by atoms with E-state index in [9.17, 15) is 4.79 Å². The lowest BCUT2D eigenvalue weighted by atomic mass is 9.78. The third-order valence-electron chi connectivity index (χ3n) is 4.18. The SMILES string of the molecule is CC(C)OC(=O)Nc1ccc(B2OC(C)(C)C(C)(C)O2)c(N)c1. The Balaban J connectivity index is 2.13. The van der Waals surface area contributed by atoms with E-state index in [-0.39, 0.29) is 6.10 Å². The van der Waals surface area contributed by atoms with Crippen molar-refractivity contribution in [2.24, 2.45) is 0 Å². The average molecular weight is 320 g/mol. The summed E-state index contributed by atoms with van der Waals surface area (Å²) in [6.07, 6.45) is -0.695. The van der Waals surface area contributed by atoms with Gasteiger partial charge in [0.05, 0.1) is 17.3 Å². The van der Waals surface area contributed by atoms with Crippen LogP contribution in [0.4, 0.5) is 16.2 Å². The lowest BCUT2D eigenvalue weighted by Gasteiger charge is -2.32. The van der Waals surface area contributed by atoms with Gasteiger partial charge in [0.25, 0.3) is 0 Å². The Morgan fingerprint density at radius 1 is 1.22 bits per heavy atom. The molecule has 126 valence electrons. The highest BCUT2D eigenvalue weighted by atomic mass is 16.7. The lowest BCUT2D eigenvalue weighted by molar-refractivity contribution is 0.00578. The quantitative estimate of drug-likeness (QED) is 0.660. The predicted molar refractivity (Wildman–Crippen MR) is 91.8 cm³/mol. The lowest BCUT2D eigenvalue weighted by Crippen LogP contribution is -2.41. The van der Waals surface area contributed by atoms with Gasteiger partial charge in [-0.2, -0.15) is 0 Å². The Morgan fingerprint density at radius 2 is 1.78 bits per heavy atom. The summed E-state index contributed by atoms with van der Waals surface area (Å²) < 4.78 is 17.0. The van der Waals surface area contributed by atoms with Gasteiger partial charge in [-0.05, 0) is 53.7 Å². The van der Waals surface area contributed by atoms with Crippen molar-refractivity contribution in [1.82, 2.24) is 0 Å². The number of ether oxygens (including phenoxy) is 1. The number of carbonyl (C=O) groups is 1. The van der Waals surface area contributed by atoms with Gasteiger partial charge >= 0.3 is 13.2 Å². The molecule has 2 rings (SSSR count). The molecule has 1 aliphatic heterocycles. The molecule has 6 nitrogen and oxygen atoms in total. The van der Waals surface area contributed by atoms with E-state index in [2.05, 4.69) is 5.32 Å². The summed E-state index contributed by atoms with van der Waals surface area (Å²) in [5, 5.41) is 2.64. The third-order valence-corrected chi connectivity index (χ3v) is 4.18. The number of anilines is 2. The molecule has 1 aliphatic rings. The molecular formula is C16H25BN2O4. The zero-order valence-corrected chi connectivity index (χ0v) is 14.6. The minimum atomic E-state index is -0.531. The topological polar surface area (TPSA) is 82.8 Å². The van der Waals surface area contributed by atoms with E-state index in [0.717, 1.165) is 5.46 Å². The molecule has 0 radical (unpaired) electrons. The van der Waals surface area contributed by atoms with Gasteiger partial charge in [0.1, 0.15) is 0 Å². The smallest absolute Gasteiger partial charge is 0.447 e. The molecule has 7 heteroatoms. The van der Waals surface area contributed by atoms with E-state index in [1.165, 1.54) is 0 Å². The first-order valence-electron chi connectivity index (χ1n) is 7.74. The molecule has 0 bridgehead atoms. The van der Waals surface area contributed by atoms with Crippen molar-refractivity contribution in [1.29, 1.82) is 0 Å². The van der Waals surface area contributed by atoms with Gasteiger partial charge in [-0.3, -0.25) is 5.32 Å². The van der Waals surface area contributed by atoms with Crippen molar-refractivity contribution in [3.8, 4) is 0 Å². The molecule has 23 heavy (non-hydrogen) atoms. The summed E-state index contributed by atoms with van der Waals surface area (Å²) >= 11 is 0. The second-order valence-corrected chi connectivity index (χ2v) is 7.01. The highest BCUT2D eigenvalue weighted by Crippen LogP contribution is 2.37. The van der Waals surface area contributed by atoms with E-state index in [1.54, 1.807) is 32.0 Å². The van der Waals surface area contributed by atoms with Gasteiger partial charge in [-0.25, -0.2) is 4.79 Å². The van der Waals surface area contributed by atoms with Crippen LogP contribution < -0.4 is 16.5 Å². The van der Waals surface area contributed by atoms with Crippen LogP contribution in [0, 0.1) is 0 Å². The fourth-order valence-electron chi connectivity index (χ4n) is 2.20. The van der Waals surface area contributed by atoms with Gasteiger partial charge in [-0.1, -0.05) is 6.07 Å². The fraction of sp³-hybridized carbons (Fsp3) is 0.562. The van der Waals surface area contributed by atoms with E-state index < -0.39 is 24.4 Å². The summed E-state index contributed by atoms with van der Waals surface area (Å²) in [6, 6.07) is 5.21. The Kier molecular flexibility index (Phi) is 4.64. The molecule has 1 heterocycles. The predicted octanol–water partition coefficient (Wildman–Crippen LogP) is 2.52. The Labute approximate surface area is 137 Å². The van der Waals surface area contributed by atoms with Crippen LogP contribution in [0.2, 0.25) is 0 Å². The second kappa shape index (κ2) is 6.05. The molecule has 1 saturated heterocycles. The van der Waals surface area contributed by atoms with Gasteiger partial charge < -0.3 is 19.8 Å². The number of benzene rings is 1. The van der Waals surface area contributed by atoms with Crippen molar-refractivity contribution in [3.63, 3.8) is 0 Å². The normalized spacial score (nSPS) is 19.0. The van der Waals surface area contributed by atoms with Gasteiger partial charge in [0, 0.05) is 16.8 Å². The van der Waals surface area contributed by atoms with Crippen LogP contribution >= 0.6 is 0 Å². The van der Waals surface area contributed by atoms with Crippen molar-refractivity contribution in [2.45, 2.75) is 58.8 Å². The first-order chi connectivity index (χ1) is 10.5. The standard InChI is InChI=1S/C16H25BN2O4/c1-10(2)21-14(20)19-11-7-8-12(13(18)9-11)17-22-15(3,4)16(5,6)23-17/h7-10H,18H2,1-6H3,(H,19,20). The molecule has 1 aromatic rings. The zero-order chi connectivity index (χ0) is 17.4. The maximum Gasteiger partial charge on any atom is 0.496 e. The molecule has 0 unspecified atom stereocenters. The summed E-state index contributed by atoms with van der Waals surface area (Å²) in [6.45, 7) is 11.5. The fourth-order valence-corrected chi connectivity index (χ4v) is 2.20. The second-order valence-electron chi connectivity index (χ2n) is 7.01. The van der Waals surface area contributed by atoms with Gasteiger partial charge in [-0.15, -0.1) is 0 Å². The molecule has 0 aromatic heterocycles. The Morgan fingerprint density at radius 3 is 2.26 bits per heavy atom. The number of hydrogen-bond acceptors (Lipinski definition) is 5. The largest absolute Gasteiger partial charge is 0.496 e. The number of rotatable bonds is 3. The Bertz CT molecular complexity index is 586.